The number of carbonyl (C=O) groups excluding carboxylic acids is 1. The van der Waals surface area contributed by atoms with Crippen LogP contribution in [0, 0.1) is 18.3 Å². The van der Waals surface area contributed by atoms with Crippen molar-refractivity contribution in [2.24, 2.45) is 5.92 Å². The molecule has 0 rings (SSSR count). The van der Waals surface area contributed by atoms with E-state index in [1.165, 1.54) is 0 Å². The molecule has 2 heteroatoms. The van der Waals surface area contributed by atoms with Gasteiger partial charge in [-0.3, -0.25) is 4.79 Å². The monoisotopic (exact) mass is 168 g/mol. The van der Waals surface area contributed by atoms with E-state index in [2.05, 4.69) is 5.92 Å². The highest BCUT2D eigenvalue weighted by atomic mass is 16.5. The summed E-state index contributed by atoms with van der Waals surface area (Å²) in [6.45, 7) is 4.25. The number of esters is 1. The molecular weight excluding hydrogens is 152 g/mol. The maximum Gasteiger partial charge on any atom is 0.305 e. The Morgan fingerprint density at radius 3 is 2.83 bits per heavy atom. The summed E-state index contributed by atoms with van der Waals surface area (Å²) < 4.78 is 4.77. The zero-order valence-corrected chi connectivity index (χ0v) is 7.80. The highest BCUT2D eigenvalue weighted by Crippen LogP contribution is 2.06. The first-order valence-electron chi connectivity index (χ1n) is 4.32. The zero-order chi connectivity index (χ0) is 9.40. The highest BCUT2D eigenvalue weighted by Gasteiger charge is 2.02. The smallest absolute Gasteiger partial charge is 0.305 e. The molecule has 0 saturated carbocycles. The van der Waals surface area contributed by atoms with E-state index in [-0.39, 0.29) is 11.9 Å². The molecule has 0 aliphatic heterocycles. The van der Waals surface area contributed by atoms with Crippen molar-refractivity contribution in [2.45, 2.75) is 33.1 Å². The van der Waals surface area contributed by atoms with E-state index < -0.39 is 0 Å². The summed E-state index contributed by atoms with van der Waals surface area (Å²) in [5, 5.41) is 0. The SMILES string of the molecule is C#CC(C)CCCC(=O)OCC. The fourth-order valence-corrected chi connectivity index (χ4v) is 0.869. The van der Waals surface area contributed by atoms with E-state index in [1.807, 2.05) is 13.8 Å². The van der Waals surface area contributed by atoms with Crippen LogP contribution in [0.3, 0.4) is 0 Å². The van der Waals surface area contributed by atoms with Gasteiger partial charge in [0.1, 0.15) is 0 Å². The van der Waals surface area contributed by atoms with Crippen LogP contribution in [-0.4, -0.2) is 12.6 Å². The summed E-state index contributed by atoms with van der Waals surface area (Å²) in [6, 6.07) is 0. The predicted octanol–water partition coefficient (Wildman–Crippen LogP) is 1.99. The molecule has 2 nitrogen and oxygen atoms in total. The molecule has 0 aliphatic carbocycles. The molecule has 0 radical (unpaired) electrons. The van der Waals surface area contributed by atoms with E-state index >= 15 is 0 Å². The third-order valence-electron chi connectivity index (χ3n) is 1.61. The first kappa shape index (κ1) is 11.0. The van der Waals surface area contributed by atoms with Gasteiger partial charge in [0.05, 0.1) is 6.61 Å². The summed E-state index contributed by atoms with van der Waals surface area (Å²) in [7, 11) is 0. The number of hydrogen-bond donors (Lipinski definition) is 0. The normalized spacial score (nSPS) is 11.8. The molecule has 0 heterocycles. The van der Waals surface area contributed by atoms with Gasteiger partial charge in [-0.25, -0.2) is 0 Å². The van der Waals surface area contributed by atoms with Gasteiger partial charge < -0.3 is 4.74 Å². The molecule has 0 aromatic rings. The summed E-state index contributed by atoms with van der Waals surface area (Å²) in [5.41, 5.74) is 0. The van der Waals surface area contributed by atoms with Crippen LogP contribution >= 0.6 is 0 Å². The van der Waals surface area contributed by atoms with Crippen molar-refractivity contribution in [3.63, 3.8) is 0 Å². The van der Waals surface area contributed by atoms with Gasteiger partial charge >= 0.3 is 5.97 Å². The van der Waals surface area contributed by atoms with Crippen molar-refractivity contribution in [1.82, 2.24) is 0 Å². The number of hydrogen-bond acceptors (Lipinski definition) is 2. The van der Waals surface area contributed by atoms with Gasteiger partial charge in [0.2, 0.25) is 0 Å². The van der Waals surface area contributed by atoms with Crippen LogP contribution in [-0.2, 0) is 9.53 Å². The Hall–Kier alpha value is -0.970. The maximum atomic E-state index is 10.8. The van der Waals surface area contributed by atoms with E-state index in [9.17, 15) is 4.79 Å². The van der Waals surface area contributed by atoms with Gasteiger partial charge in [0.15, 0.2) is 0 Å². The predicted molar refractivity (Wildman–Crippen MR) is 48.5 cm³/mol. The largest absolute Gasteiger partial charge is 0.466 e. The summed E-state index contributed by atoms with van der Waals surface area (Å²) >= 11 is 0. The van der Waals surface area contributed by atoms with Crippen LogP contribution in [0.15, 0.2) is 0 Å². The maximum absolute atomic E-state index is 10.8. The second kappa shape index (κ2) is 6.72. The molecule has 0 saturated heterocycles. The second-order valence-corrected chi connectivity index (χ2v) is 2.76. The van der Waals surface area contributed by atoms with Gasteiger partial charge in [-0.1, -0.05) is 6.92 Å². The van der Waals surface area contributed by atoms with Crippen molar-refractivity contribution >= 4 is 5.97 Å². The first-order chi connectivity index (χ1) is 5.70. The molecule has 0 aromatic carbocycles. The van der Waals surface area contributed by atoms with Gasteiger partial charge in [0.25, 0.3) is 0 Å². The lowest BCUT2D eigenvalue weighted by molar-refractivity contribution is -0.143. The Kier molecular flexibility index (Phi) is 6.18. The standard InChI is InChI=1S/C10H16O2/c1-4-9(3)7-6-8-10(11)12-5-2/h1,9H,5-8H2,2-3H3. The molecule has 0 N–H and O–H groups in total. The molecular formula is C10H16O2. The molecule has 12 heavy (non-hydrogen) atoms. The van der Waals surface area contributed by atoms with Gasteiger partial charge in [-0.2, -0.15) is 0 Å². The molecule has 68 valence electrons. The Balaban J connectivity index is 3.32. The van der Waals surface area contributed by atoms with Gasteiger partial charge in [0, 0.05) is 12.3 Å². The minimum atomic E-state index is -0.123. The molecule has 0 amide bonds. The summed E-state index contributed by atoms with van der Waals surface area (Å²) in [5.74, 6) is 2.76. The third kappa shape index (κ3) is 5.79. The Morgan fingerprint density at radius 1 is 1.67 bits per heavy atom. The fourth-order valence-electron chi connectivity index (χ4n) is 0.869. The Morgan fingerprint density at radius 2 is 2.33 bits per heavy atom. The lowest BCUT2D eigenvalue weighted by Crippen LogP contribution is -2.04. The van der Waals surface area contributed by atoms with E-state index in [1.54, 1.807) is 0 Å². The second-order valence-electron chi connectivity index (χ2n) is 2.76. The molecule has 0 fully saturated rings. The minimum absolute atomic E-state index is 0.123. The van der Waals surface area contributed by atoms with Crippen LogP contribution in [0.4, 0.5) is 0 Å². The molecule has 0 aromatic heterocycles. The van der Waals surface area contributed by atoms with Gasteiger partial charge in [-0.05, 0) is 19.8 Å². The molecule has 0 bridgehead atoms. The van der Waals surface area contributed by atoms with Crippen molar-refractivity contribution in [3.05, 3.63) is 0 Å². The summed E-state index contributed by atoms with van der Waals surface area (Å²) in [6.07, 6.45) is 7.39. The number of rotatable bonds is 5. The van der Waals surface area contributed by atoms with Crippen molar-refractivity contribution in [1.29, 1.82) is 0 Å². The highest BCUT2D eigenvalue weighted by molar-refractivity contribution is 5.69. The van der Waals surface area contributed by atoms with Crippen LogP contribution in [0.25, 0.3) is 0 Å². The fraction of sp³-hybridized carbons (Fsp3) is 0.700. The quantitative estimate of drug-likeness (QED) is 0.463. The summed E-state index contributed by atoms with van der Waals surface area (Å²) in [4.78, 5) is 10.8. The minimum Gasteiger partial charge on any atom is -0.466 e. The van der Waals surface area contributed by atoms with Crippen molar-refractivity contribution in [2.75, 3.05) is 6.61 Å². The van der Waals surface area contributed by atoms with E-state index in [0.717, 1.165) is 12.8 Å². The Bertz CT molecular complexity index is 167. The number of carbonyl (C=O) groups is 1. The van der Waals surface area contributed by atoms with Crippen LogP contribution in [0.1, 0.15) is 33.1 Å². The average molecular weight is 168 g/mol. The topological polar surface area (TPSA) is 26.3 Å². The molecule has 0 spiro atoms. The molecule has 1 unspecified atom stereocenters. The van der Waals surface area contributed by atoms with Crippen molar-refractivity contribution < 1.29 is 9.53 Å². The lowest BCUT2D eigenvalue weighted by atomic mass is 10.1. The number of ether oxygens (including phenoxy) is 1. The van der Waals surface area contributed by atoms with Crippen molar-refractivity contribution in [3.8, 4) is 12.3 Å². The number of terminal acetylenes is 1. The van der Waals surface area contributed by atoms with E-state index in [4.69, 9.17) is 11.2 Å². The van der Waals surface area contributed by atoms with E-state index in [0.29, 0.717) is 13.0 Å². The molecule has 0 aliphatic rings. The first-order valence-corrected chi connectivity index (χ1v) is 4.32. The average Bonchev–Trinajstić information content (AvgIpc) is 2.04. The Labute approximate surface area is 74.3 Å². The van der Waals surface area contributed by atoms with Crippen LogP contribution in [0.2, 0.25) is 0 Å². The zero-order valence-electron chi connectivity index (χ0n) is 7.80. The third-order valence-corrected chi connectivity index (χ3v) is 1.61. The van der Waals surface area contributed by atoms with Crippen LogP contribution < -0.4 is 0 Å². The lowest BCUT2D eigenvalue weighted by Gasteiger charge is -2.03. The van der Waals surface area contributed by atoms with Crippen LogP contribution in [0.5, 0.6) is 0 Å². The van der Waals surface area contributed by atoms with Gasteiger partial charge in [-0.15, -0.1) is 12.3 Å². The molecule has 1 atom stereocenters.